The first-order valence-corrected chi connectivity index (χ1v) is 4.21. The van der Waals surface area contributed by atoms with Crippen LogP contribution in [0.4, 0.5) is 0 Å². The third kappa shape index (κ3) is 1.80. The van der Waals surface area contributed by atoms with Crippen molar-refractivity contribution in [2.75, 3.05) is 0 Å². The molecule has 2 atom stereocenters. The Kier molecular flexibility index (Phi) is 2.41. The minimum absolute atomic E-state index is 0.929. The Morgan fingerprint density at radius 1 is 1.38 bits per heavy atom. The molecule has 0 aromatic heterocycles. The predicted octanol–water partition coefficient (Wildman–Crippen LogP) is 2.15. The monoisotopic (exact) mass is 124 g/mol. The maximum atomic E-state index is 2.93. The Labute approximate surface area is 60.1 Å². The molecular weight excluding hydrogens is 111 g/mol. The van der Waals surface area contributed by atoms with Gasteiger partial charge in [0.15, 0.2) is 0 Å². The minimum atomic E-state index is 0.929. The van der Waals surface area contributed by atoms with Crippen molar-refractivity contribution in [1.29, 1.82) is 0 Å². The first-order chi connectivity index (χ1) is 3.79. The molecule has 0 bridgehead atoms. The van der Waals surface area contributed by atoms with E-state index in [0.717, 1.165) is 10.7 Å². The fourth-order valence-corrected chi connectivity index (χ4v) is 2.18. The molecule has 0 saturated heterocycles. The molecule has 0 spiro atoms. The van der Waals surface area contributed by atoms with Crippen LogP contribution in [-0.4, -0.2) is 16.3 Å². The first-order valence-electron chi connectivity index (χ1n) is 3.54. The molecular formula is C7H13Al+2. The fraction of sp³-hybridized carbons (Fsp3) is 1.00. The van der Waals surface area contributed by atoms with Crippen LogP contribution in [0, 0.1) is 5.92 Å². The summed E-state index contributed by atoms with van der Waals surface area (Å²) in [5, 5.41) is 0. The number of hydrogen-bond acceptors (Lipinski definition) is 0. The van der Waals surface area contributed by atoms with E-state index in [4.69, 9.17) is 0 Å². The summed E-state index contributed by atoms with van der Waals surface area (Å²) in [6.07, 6.45) is 5.79. The van der Waals surface area contributed by atoms with Gasteiger partial charge in [0.2, 0.25) is 0 Å². The van der Waals surface area contributed by atoms with Crippen LogP contribution >= 0.6 is 0 Å². The number of hydrogen-bond donors (Lipinski definition) is 0. The van der Waals surface area contributed by atoms with Crippen molar-refractivity contribution in [2.45, 2.75) is 37.4 Å². The molecule has 1 heteroatoms. The van der Waals surface area contributed by atoms with Crippen LogP contribution in [0.1, 0.15) is 32.6 Å². The van der Waals surface area contributed by atoms with Crippen LogP contribution in [0.25, 0.3) is 0 Å². The second-order valence-corrected chi connectivity index (χ2v) is 3.97. The van der Waals surface area contributed by atoms with Gasteiger partial charge in [-0.3, -0.25) is 0 Å². The van der Waals surface area contributed by atoms with Crippen molar-refractivity contribution in [3.05, 3.63) is 0 Å². The third-order valence-corrected chi connectivity index (χ3v) is 2.58. The second kappa shape index (κ2) is 2.90. The maximum absolute atomic E-state index is 2.93. The van der Waals surface area contributed by atoms with Crippen LogP contribution in [0.3, 0.4) is 0 Å². The molecule has 1 fully saturated rings. The number of rotatable bonds is 0. The summed E-state index contributed by atoms with van der Waals surface area (Å²) in [4.78, 5) is 0. The van der Waals surface area contributed by atoms with Gasteiger partial charge in [0.25, 0.3) is 0 Å². The first kappa shape index (κ1) is 6.65. The molecule has 0 aliphatic heterocycles. The van der Waals surface area contributed by atoms with E-state index in [9.17, 15) is 0 Å². The van der Waals surface area contributed by atoms with Crippen molar-refractivity contribution in [2.24, 2.45) is 5.92 Å². The van der Waals surface area contributed by atoms with Gasteiger partial charge in [-0.25, -0.2) is 0 Å². The van der Waals surface area contributed by atoms with E-state index >= 15 is 0 Å². The Morgan fingerprint density at radius 3 is 2.50 bits per heavy atom. The Balaban J connectivity index is 2.23. The van der Waals surface area contributed by atoms with Crippen LogP contribution in [0.5, 0.6) is 0 Å². The van der Waals surface area contributed by atoms with Gasteiger partial charge in [-0.05, 0) is 0 Å². The molecule has 2 unspecified atom stereocenters. The predicted molar refractivity (Wildman–Crippen MR) is 37.1 cm³/mol. The average Bonchev–Trinajstić information content (AvgIpc) is 1.64. The van der Waals surface area contributed by atoms with Gasteiger partial charge in [0.1, 0.15) is 0 Å². The molecule has 1 aliphatic rings. The second-order valence-electron chi connectivity index (χ2n) is 3.03. The molecule has 1 aliphatic carbocycles. The van der Waals surface area contributed by atoms with Gasteiger partial charge >= 0.3 is 59.6 Å². The van der Waals surface area contributed by atoms with Crippen LogP contribution < -0.4 is 0 Å². The Hall–Kier alpha value is 0.532. The summed E-state index contributed by atoms with van der Waals surface area (Å²) in [7, 11) is 0. The van der Waals surface area contributed by atoms with Crippen LogP contribution in [0.2, 0.25) is 4.78 Å². The van der Waals surface area contributed by atoms with Crippen molar-refractivity contribution >= 4 is 16.3 Å². The van der Waals surface area contributed by atoms with E-state index in [-0.39, 0.29) is 0 Å². The van der Waals surface area contributed by atoms with E-state index in [2.05, 4.69) is 23.2 Å². The normalized spacial score (nSPS) is 39.9. The zero-order chi connectivity index (χ0) is 5.98. The van der Waals surface area contributed by atoms with Crippen molar-refractivity contribution in [1.82, 2.24) is 0 Å². The van der Waals surface area contributed by atoms with Gasteiger partial charge in [0, 0.05) is 0 Å². The van der Waals surface area contributed by atoms with E-state index < -0.39 is 0 Å². The molecule has 0 nitrogen and oxygen atoms in total. The van der Waals surface area contributed by atoms with Gasteiger partial charge in [-0.15, -0.1) is 0 Å². The van der Waals surface area contributed by atoms with E-state index in [1.807, 2.05) is 0 Å². The third-order valence-electron chi connectivity index (χ3n) is 1.98. The Bertz CT molecular complexity index is 62.8. The standard InChI is InChI=1S/C7H13.Al/c1-7-5-3-2-4-6-7;/h3,7H,2,4-6H2,1H3;/q;+2. The SMILES string of the molecule is CC1CCC[CH]([Al+2])C1. The van der Waals surface area contributed by atoms with Crippen molar-refractivity contribution < 1.29 is 0 Å². The van der Waals surface area contributed by atoms with Crippen molar-refractivity contribution in [3.63, 3.8) is 0 Å². The molecule has 0 aromatic rings. The molecule has 0 heterocycles. The summed E-state index contributed by atoms with van der Waals surface area (Å²) >= 11 is 2.93. The molecule has 1 saturated carbocycles. The molecule has 0 N–H and O–H groups in total. The quantitative estimate of drug-likeness (QED) is 0.434. The fourth-order valence-electron chi connectivity index (χ4n) is 1.48. The van der Waals surface area contributed by atoms with Gasteiger partial charge < -0.3 is 0 Å². The summed E-state index contributed by atoms with van der Waals surface area (Å²) in [5.41, 5.74) is 0. The molecule has 8 heavy (non-hydrogen) atoms. The molecule has 42 valence electrons. The van der Waals surface area contributed by atoms with Crippen LogP contribution in [-0.2, 0) is 0 Å². The summed E-state index contributed by atoms with van der Waals surface area (Å²) in [6.45, 7) is 2.36. The molecule has 0 aromatic carbocycles. The topological polar surface area (TPSA) is 0 Å². The Morgan fingerprint density at radius 2 is 2.12 bits per heavy atom. The van der Waals surface area contributed by atoms with Gasteiger partial charge in [0.05, 0.1) is 0 Å². The average molecular weight is 124 g/mol. The molecule has 1 rings (SSSR count). The van der Waals surface area contributed by atoms with E-state index in [1.165, 1.54) is 25.7 Å². The van der Waals surface area contributed by atoms with Crippen molar-refractivity contribution in [3.8, 4) is 0 Å². The molecule has 0 amide bonds. The van der Waals surface area contributed by atoms with Gasteiger partial charge in [-0.2, -0.15) is 0 Å². The summed E-state index contributed by atoms with van der Waals surface area (Å²) in [6, 6.07) is 0. The van der Waals surface area contributed by atoms with Crippen LogP contribution in [0.15, 0.2) is 0 Å². The zero-order valence-corrected chi connectivity index (χ0v) is 6.72. The summed E-state index contributed by atoms with van der Waals surface area (Å²) in [5.74, 6) is 0.992. The molecule has 0 radical (unpaired) electrons. The summed E-state index contributed by atoms with van der Waals surface area (Å²) < 4.78 is 0.929. The zero-order valence-electron chi connectivity index (χ0n) is 5.56. The van der Waals surface area contributed by atoms with E-state index in [1.54, 1.807) is 0 Å². The van der Waals surface area contributed by atoms with Gasteiger partial charge in [-0.1, -0.05) is 0 Å². The van der Waals surface area contributed by atoms with E-state index in [0.29, 0.717) is 0 Å².